The van der Waals surface area contributed by atoms with Crippen molar-refractivity contribution < 1.29 is 4.74 Å². The van der Waals surface area contributed by atoms with Crippen LogP contribution in [0, 0.1) is 0 Å². The molecule has 4 heteroatoms. The van der Waals surface area contributed by atoms with Crippen LogP contribution in [0.5, 0.6) is 5.75 Å². The maximum Gasteiger partial charge on any atom is 0.154 e. The van der Waals surface area contributed by atoms with Crippen LogP contribution >= 0.6 is 11.6 Å². The number of ether oxygens (including phenoxy) is 1. The van der Waals surface area contributed by atoms with Gasteiger partial charge in [0, 0.05) is 5.56 Å². The Morgan fingerprint density at radius 2 is 1.74 bits per heavy atom. The zero-order valence-electron chi connectivity index (χ0n) is 11.0. The Balaban J connectivity index is 2.68. The molecule has 2 aromatic rings. The summed E-state index contributed by atoms with van der Waals surface area (Å²) < 4.78 is 5.80. The molecule has 2 aromatic carbocycles. The molecule has 0 amide bonds. The van der Waals surface area contributed by atoms with Crippen molar-refractivity contribution in [1.29, 1.82) is 0 Å². The molecule has 0 aliphatic heterocycles. The highest BCUT2D eigenvalue weighted by atomic mass is 35.5. The number of nitrogen functional groups attached to an aromatic ring is 2. The number of anilines is 2. The molecule has 4 N–H and O–H groups in total. The number of nitrogens with two attached hydrogens (primary N) is 2. The van der Waals surface area contributed by atoms with Gasteiger partial charge in [-0.2, -0.15) is 0 Å². The van der Waals surface area contributed by atoms with Crippen molar-refractivity contribution in [2.75, 3.05) is 11.5 Å². The fraction of sp³-hybridized carbons (Fsp3) is 0.200. The van der Waals surface area contributed by atoms with Gasteiger partial charge < -0.3 is 16.2 Å². The van der Waals surface area contributed by atoms with E-state index in [4.69, 9.17) is 27.8 Å². The summed E-state index contributed by atoms with van der Waals surface area (Å²) in [6.45, 7) is 3.87. The van der Waals surface area contributed by atoms with Gasteiger partial charge in [0.1, 0.15) is 0 Å². The summed E-state index contributed by atoms with van der Waals surface area (Å²) in [6.07, 6.45) is -0.0115. The van der Waals surface area contributed by atoms with E-state index in [1.165, 1.54) is 0 Å². The minimum Gasteiger partial charge on any atom is -0.488 e. The SMILES string of the molecule is CC(C)Oc1c(N)c(N)cc(Cl)c1-c1ccccc1. The maximum atomic E-state index is 6.31. The summed E-state index contributed by atoms with van der Waals surface area (Å²) in [5.74, 6) is 0.547. The Kier molecular flexibility index (Phi) is 3.86. The monoisotopic (exact) mass is 276 g/mol. The average molecular weight is 277 g/mol. The summed E-state index contributed by atoms with van der Waals surface area (Å²) in [5.41, 5.74) is 14.5. The van der Waals surface area contributed by atoms with Gasteiger partial charge in [-0.25, -0.2) is 0 Å². The van der Waals surface area contributed by atoms with Crippen LogP contribution in [0.1, 0.15) is 13.8 Å². The lowest BCUT2D eigenvalue weighted by atomic mass is 10.0. The lowest BCUT2D eigenvalue weighted by Gasteiger charge is -2.19. The van der Waals surface area contributed by atoms with Crippen molar-refractivity contribution in [3.8, 4) is 16.9 Å². The predicted octanol–water partition coefficient (Wildman–Crippen LogP) is 3.96. The highest BCUT2D eigenvalue weighted by molar-refractivity contribution is 6.34. The second kappa shape index (κ2) is 5.41. The number of hydrogen-bond acceptors (Lipinski definition) is 3. The van der Waals surface area contributed by atoms with Crippen molar-refractivity contribution in [1.82, 2.24) is 0 Å². The minimum atomic E-state index is -0.0115. The minimum absolute atomic E-state index is 0.0115. The number of hydrogen-bond donors (Lipinski definition) is 2. The van der Waals surface area contributed by atoms with Gasteiger partial charge in [-0.1, -0.05) is 41.9 Å². The molecule has 3 nitrogen and oxygen atoms in total. The van der Waals surface area contributed by atoms with Gasteiger partial charge in [0.05, 0.1) is 22.5 Å². The molecule has 100 valence electrons. The van der Waals surface area contributed by atoms with Gasteiger partial charge in [-0.15, -0.1) is 0 Å². The third kappa shape index (κ3) is 2.76. The molecule has 0 bridgehead atoms. The molecule has 19 heavy (non-hydrogen) atoms. The van der Waals surface area contributed by atoms with Crippen LogP contribution in [0.15, 0.2) is 36.4 Å². The van der Waals surface area contributed by atoms with Crippen molar-refractivity contribution in [2.24, 2.45) is 0 Å². The van der Waals surface area contributed by atoms with Gasteiger partial charge in [0.2, 0.25) is 0 Å². The van der Waals surface area contributed by atoms with E-state index in [1.54, 1.807) is 6.07 Å². The topological polar surface area (TPSA) is 61.3 Å². The largest absolute Gasteiger partial charge is 0.488 e. The Morgan fingerprint density at radius 1 is 1.11 bits per heavy atom. The first kappa shape index (κ1) is 13.6. The maximum absolute atomic E-state index is 6.31. The summed E-state index contributed by atoms with van der Waals surface area (Å²) in [7, 11) is 0. The van der Waals surface area contributed by atoms with Crippen LogP contribution in [0.2, 0.25) is 5.02 Å². The van der Waals surface area contributed by atoms with Crippen LogP contribution in [0.25, 0.3) is 11.1 Å². The molecule has 0 aliphatic carbocycles. The normalized spacial score (nSPS) is 10.7. The zero-order valence-corrected chi connectivity index (χ0v) is 11.7. The Bertz CT molecular complexity index is 582. The molecule has 0 saturated heterocycles. The molecule has 0 radical (unpaired) electrons. The van der Waals surface area contributed by atoms with E-state index >= 15 is 0 Å². The second-order valence-electron chi connectivity index (χ2n) is 4.60. The predicted molar refractivity (Wildman–Crippen MR) is 81.5 cm³/mol. The summed E-state index contributed by atoms with van der Waals surface area (Å²) in [5, 5.41) is 0.536. The highest BCUT2D eigenvalue weighted by Gasteiger charge is 2.18. The Morgan fingerprint density at radius 3 is 2.32 bits per heavy atom. The van der Waals surface area contributed by atoms with E-state index in [0.29, 0.717) is 22.1 Å². The van der Waals surface area contributed by atoms with E-state index in [1.807, 2.05) is 44.2 Å². The molecule has 0 spiro atoms. The molecular formula is C15H17ClN2O. The summed E-state index contributed by atoms with van der Waals surface area (Å²) >= 11 is 6.31. The van der Waals surface area contributed by atoms with Crippen molar-refractivity contribution in [2.45, 2.75) is 20.0 Å². The van der Waals surface area contributed by atoms with Crippen molar-refractivity contribution in [3.63, 3.8) is 0 Å². The van der Waals surface area contributed by atoms with E-state index in [-0.39, 0.29) is 6.10 Å². The average Bonchev–Trinajstić information content (AvgIpc) is 2.36. The molecule has 0 atom stereocenters. The molecular weight excluding hydrogens is 260 g/mol. The van der Waals surface area contributed by atoms with Crippen LogP contribution in [0.4, 0.5) is 11.4 Å². The fourth-order valence-electron chi connectivity index (χ4n) is 1.89. The van der Waals surface area contributed by atoms with E-state index in [2.05, 4.69) is 0 Å². The van der Waals surface area contributed by atoms with E-state index in [0.717, 1.165) is 11.1 Å². The number of benzene rings is 2. The molecule has 0 heterocycles. The van der Waals surface area contributed by atoms with E-state index < -0.39 is 0 Å². The molecule has 0 fully saturated rings. The molecule has 2 rings (SSSR count). The van der Waals surface area contributed by atoms with Gasteiger partial charge in [0.25, 0.3) is 0 Å². The summed E-state index contributed by atoms with van der Waals surface area (Å²) in [4.78, 5) is 0. The van der Waals surface area contributed by atoms with Gasteiger partial charge in [0.15, 0.2) is 5.75 Å². The first-order valence-electron chi connectivity index (χ1n) is 6.10. The lowest BCUT2D eigenvalue weighted by molar-refractivity contribution is 0.245. The van der Waals surface area contributed by atoms with Crippen LogP contribution < -0.4 is 16.2 Å². The first-order chi connectivity index (χ1) is 9.00. The number of halogens is 1. The van der Waals surface area contributed by atoms with Crippen LogP contribution in [-0.4, -0.2) is 6.10 Å². The molecule has 0 aliphatic rings. The summed E-state index contributed by atoms with van der Waals surface area (Å²) in [6, 6.07) is 11.4. The van der Waals surface area contributed by atoms with Gasteiger partial charge in [-0.3, -0.25) is 0 Å². The second-order valence-corrected chi connectivity index (χ2v) is 5.01. The van der Waals surface area contributed by atoms with Crippen molar-refractivity contribution in [3.05, 3.63) is 41.4 Å². The standard InChI is InChI=1S/C15H17ClN2O/c1-9(2)19-15-13(10-6-4-3-5-7-10)11(16)8-12(17)14(15)18/h3-9H,17-18H2,1-2H3. The van der Waals surface area contributed by atoms with E-state index in [9.17, 15) is 0 Å². The first-order valence-corrected chi connectivity index (χ1v) is 6.48. The molecule has 0 unspecified atom stereocenters. The van der Waals surface area contributed by atoms with Gasteiger partial charge >= 0.3 is 0 Å². The third-order valence-corrected chi connectivity index (χ3v) is 3.02. The Hall–Kier alpha value is -1.87. The molecule has 0 saturated carbocycles. The quantitative estimate of drug-likeness (QED) is 0.834. The van der Waals surface area contributed by atoms with Crippen LogP contribution in [0.3, 0.4) is 0 Å². The molecule has 0 aromatic heterocycles. The van der Waals surface area contributed by atoms with Crippen molar-refractivity contribution >= 4 is 23.0 Å². The van der Waals surface area contributed by atoms with Crippen LogP contribution in [-0.2, 0) is 0 Å². The smallest absolute Gasteiger partial charge is 0.154 e. The zero-order chi connectivity index (χ0) is 14.0. The number of rotatable bonds is 3. The highest BCUT2D eigenvalue weighted by Crippen LogP contribution is 2.44. The van der Waals surface area contributed by atoms with Gasteiger partial charge in [-0.05, 0) is 25.5 Å². The lowest BCUT2D eigenvalue weighted by Crippen LogP contribution is -2.10. The Labute approximate surface area is 118 Å². The fourth-order valence-corrected chi connectivity index (χ4v) is 2.21. The third-order valence-electron chi connectivity index (χ3n) is 2.72.